The van der Waals surface area contributed by atoms with Gasteiger partial charge in [0.1, 0.15) is 5.75 Å². The van der Waals surface area contributed by atoms with Gasteiger partial charge in [0.25, 0.3) is 0 Å². The summed E-state index contributed by atoms with van der Waals surface area (Å²) in [5.41, 5.74) is 2.34. The fraction of sp³-hybridized carbons (Fsp3) is 0.618. The molecule has 3 saturated heterocycles. The van der Waals surface area contributed by atoms with Crippen molar-refractivity contribution in [2.75, 3.05) is 52.9 Å². The van der Waals surface area contributed by atoms with Gasteiger partial charge in [-0.1, -0.05) is 42.5 Å². The standard InChI is InChI=1S/C34H45F2N3O2.2ClH/c1-41-30-9-7-26(8-10-30)22-39-20-17-33(32(39)40)15-18-37(19-16-33)23-29-24-38(21-27-11-13-34(35,36)14-12-27)25-31(29)28-5-3-2-4-6-28;;/h2-10,27,29,31H,11-25H2,1H3;2*1H/t29-,31?;;/m0../s1. The molecular formula is C34H47Cl2F2N3O2. The van der Waals surface area contributed by atoms with Gasteiger partial charge in [0.05, 0.1) is 12.5 Å². The molecule has 0 N–H and O–H groups in total. The van der Waals surface area contributed by atoms with Gasteiger partial charge in [-0.05, 0) is 80.3 Å². The first kappa shape index (κ1) is 34.0. The fourth-order valence-electron chi connectivity index (χ4n) is 7.97. The normalized spacial score (nSPS) is 25.8. The second-order valence-corrected chi connectivity index (χ2v) is 13.2. The van der Waals surface area contributed by atoms with Crippen LogP contribution in [0.3, 0.4) is 0 Å². The molecule has 2 atom stereocenters. The number of methoxy groups -OCH3 is 1. The van der Waals surface area contributed by atoms with Crippen LogP contribution >= 0.6 is 24.8 Å². The Bertz CT molecular complexity index is 1170. The third-order valence-electron chi connectivity index (χ3n) is 10.5. The third kappa shape index (κ3) is 7.84. The first-order valence-electron chi connectivity index (χ1n) is 15.6. The lowest BCUT2D eigenvalue weighted by Crippen LogP contribution is -2.46. The molecule has 0 aromatic heterocycles. The zero-order valence-electron chi connectivity index (χ0n) is 25.3. The highest BCUT2D eigenvalue weighted by Gasteiger charge is 2.48. The van der Waals surface area contributed by atoms with Gasteiger partial charge in [-0.15, -0.1) is 24.8 Å². The van der Waals surface area contributed by atoms with Crippen LogP contribution in [-0.4, -0.2) is 79.5 Å². The molecule has 9 heteroatoms. The summed E-state index contributed by atoms with van der Waals surface area (Å²) < 4.78 is 32.7. The van der Waals surface area contributed by atoms with Crippen LogP contribution in [0.5, 0.6) is 5.75 Å². The molecule has 1 spiro atoms. The topological polar surface area (TPSA) is 36.0 Å². The minimum Gasteiger partial charge on any atom is -0.497 e. The predicted octanol–water partition coefficient (Wildman–Crippen LogP) is 6.89. The number of alkyl halides is 2. The molecule has 1 saturated carbocycles. The second-order valence-electron chi connectivity index (χ2n) is 13.2. The minimum atomic E-state index is -2.46. The maximum absolute atomic E-state index is 13.7. The number of benzene rings is 2. The Morgan fingerprint density at radius 3 is 2.12 bits per heavy atom. The number of hydrogen-bond acceptors (Lipinski definition) is 4. The lowest BCUT2D eigenvalue weighted by atomic mass is 9.76. The number of carbonyl (C=O) groups is 1. The molecule has 238 valence electrons. The number of amides is 1. The van der Waals surface area contributed by atoms with Gasteiger partial charge in [0.2, 0.25) is 11.8 Å². The molecule has 0 radical (unpaired) electrons. The molecule has 5 nitrogen and oxygen atoms in total. The SMILES string of the molecule is COc1ccc(CN2CCC3(CCN(C[C@H]4CN(CC5CCC(F)(F)CC5)CC4c4ccccc4)CC3)C2=O)cc1.Cl.Cl. The van der Waals surface area contributed by atoms with Crippen LogP contribution in [0.15, 0.2) is 54.6 Å². The highest BCUT2D eigenvalue weighted by atomic mass is 35.5. The summed E-state index contributed by atoms with van der Waals surface area (Å²) in [5.74, 6) is 0.0703. The van der Waals surface area contributed by atoms with Gasteiger partial charge in [-0.25, -0.2) is 8.78 Å². The molecule has 0 bridgehead atoms. The first-order valence-corrected chi connectivity index (χ1v) is 15.6. The number of ether oxygens (including phenoxy) is 1. The van der Waals surface area contributed by atoms with Crippen molar-refractivity contribution < 1.29 is 18.3 Å². The molecule has 1 aliphatic carbocycles. The van der Waals surface area contributed by atoms with Crippen LogP contribution in [0, 0.1) is 17.3 Å². The van der Waals surface area contributed by atoms with E-state index < -0.39 is 5.92 Å². The summed E-state index contributed by atoms with van der Waals surface area (Å²) in [4.78, 5) is 20.8. The van der Waals surface area contributed by atoms with Crippen molar-refractivity contribution in [3.8, 4) is 5.75 Å². The van der Waals surface area contributed by atoms with E-state index in [1.165, 1.54) is 5.56 Å². The van der Waals surface area contributed by atoms with Crippen molar-refractivity contribution in [1.29, 1.82) is 0 Å². The molecular weight excluding hydrogens is 591 g/mol. The van der Waals surface area contributed by atoms with Crippen molar-refractivity contribution >= 4 is 30.7 Å². The number of carbonyl (C=O) groups excluding carboxylic acids is 1. The lowest BCUT2D eigenvalue weighted by molar-refractivity contribution is -0.139. The zero-order valence-corrected chi connectivity index (χ0v) is 26.9. The molecule has 1 unspecified atom stereocenters. The zero-order chi connectivity index (χ0) is 28.5. The molecule has 6 rings (SSSR count). The Balaban J connectivity index is 0.00000212. The quantitative estimate of drug-likeness (QED) is 0.316. The van der Waals surface area contributed by atoms with Crippen LogP contribution in [0.1, 0.15) is 62.0 Å². The number of rotatable bonds is 8. The van der Waals surface area contributed by atoms with Crippen molar-refractivity contribution in [1.82, 2.24) is 14.7 Å². The summed E-state index contributed by atoms with van der Waals surface area (Å²) in [7, 11) is 1.67. The third-order valence-corrected chi connectivity index (χ3v) is 10.5. The molecule has 1 amide bonds. The first-order chi connectivity index (χ1) is 19.8. The van der Waals surface area contributed by atoms with Crippen LogP contribution in [-0.2, 0) is 11.3 Å². The summed E-state index contributed by atoms with van der Waals surface area (Å²) >= 11 is 0. The maximum atomic E-state index is 13.7. The number of likely N-dealkylation sites (tertiary alicyclic amines) is 3. The Morgan fingerprint density at radius 1 is 0.814 bits per heavy atom. The maximum Gasteiger partial charge on any atom is 0.248 e. The Hall–Kier alpha value is -1.93. The van der Waals surface area contributed by atoms with Crippen molar-refractivity contribution in [3.05, 3.63) is 65.7 Å². The molecule has 2 aromatic carbocycles. The minimum absolute atomic E-state index is 0. The predicted molar refractivity (Wildman–Crippen MR) is 172 cm³/mol. The van der Waals surface area contributed by atoms with E-state index in [0.29, 0.717) is 43.0 Å². The van der Waals surface area contributed by atoms with E-state index in [0.717, 1.165) is 76.4 Å². The van der Waals surface area contributed by atoms with Crippen molar-refractivity contribution in [2.24, 2.45) is 17.3 Å². The molecule has 4 aliphatic rings. The average Bonchev–Trinajstić information content (AvgIpc) is 3.52. The molecule has 2 aromatic rings. The van der Waals surface area contributed by atoms with Gasteiger partial charge in [-0.2, -0.15) is 0 Å². The van der Waals surface area contributed by atoms with Gasteiger partial charge in [-0.3, -0.25) is 4.79 Å². The smallest absolute Gasteiger partial charge is 0.248 e. The van der Waals surface area contributed by atoms with E-state index in [9.17, 15) is 13.6 Å². The van der Waals surface area contributed by atoms with Crippen LogP contribution in [0.25, 0.3) is 0 Å². The molecule has 3 aliphatic heterocycles. The lowest BCUT2D eigenvalue weighted by Gasteiger charge is -2.39. The van der Waals surface area contributed by atoms with E-state index >= 15 is 0 Å². The summed E-state index contributed by atoms with van der Waals surface area (Å²) in [6, 6.07) is 18.9. The summed E-state index contributed by atoms with van der Waals surface area (Å²) in [6.45, 7) is 7.47. The monoisotopic (exact) mass is 637 g/mol. The number of hydrogen-bond donors (Lipinski definition) is 0. The van der Waals surface area contributed by atoms with E-state index in [4.69, 9.17) is 4.74 Å². The number of piperidine rings is 1. The van der Waals surface area contributed by atoms with Gasteiger partial charge in [0, 0.05) is 58.0 Å². The van der Waals surface area contributed by atoms with E-state index in [1.807, 2.05) is 12.1 Å². The Morgan fingerprint density at radius 2 is 1.47 bits per heavy atom. The average molecular weight is 639 g/mol. The van der Waals surface area contributed by atoms with Gasteiger partial charge >= 0.3 is 0 Å². The van der Waals surface area contributed by atoms with E-state index in [1.54, 1.807) is 7.11 Å². The Labute approximate surface area is 268 Å². The van der Waals surface area contributed by atoms with E-state index in [2.05, 4.69) is 57.2 Å². The Kier molecular flexibility index (Phi) is 11.4. The van der Waals surface area contributed by atoms with Crippen LogP contribution in [0.2, 0.25) is 0 Å². The van der Waals surface area contributed by atoms with Crippen LogP contribution in [0.4, 0.5) is 8.78 Å². The highest BCUT2D eigenvalue weighted by molar-refractivity contribution is 5.86. The molecule has 4 fully saturated rings. The second kappa shape index (κ2) is 14.4. The highest BCUT2D eigenvalue weighted by Crippen LogP contribution is 2.43. The summed E-state index contributed by atoms with van der Waals surface area (Å²) in [5, 5.41) is 0. The van der Waals surface area contributed by atoms with Crippen molar-refractivity contribution in [2.45, 2.75) is 63.3 Å². The van der Waals surface area contributed by atoms with Crippen LogP contribution < -0.4 is 4.74 Å². The largest absolute Gasteiger partial charge is 0.497 e. The van der Waals surface area contributed by atoms with E-state index in [-0.39, 0.29) is 43.1 Å². The number of nitrogens with zero attached hydrogens (tertiary/aromatic N) is 3. The summed E-state index contributed by atoms with van der Waals surface area (Å²) in [6.07, 6.45) is 4.21. The van der Waals surface area contributed by atoms with Gasteiger partial charge in [0.15, 0.2) is 0 Å². The molecule has 3 heterocycles. The van der Waals surface area contributed by atoms with Gasteiger partial charge < -0.3 is 19.4 Å². The number of halogens is 4. The molecule has 43 heavy (non-hydrogen) atoms. The van der Waals surface area contributed by atoms with Crippen molar-refractivity contribution in [3.63, 3.8) is 0 Å². The fourth-order valence-corrected chi connectivity index (χ4v) is 7.97.